The monoisotopic (exact) mass is 620 g/mol. The van der Waals surface area contributed by atoms with E-state index in [1.54, 1.807) is 12.1 Å². The summed E-state index contributed by atoms with van der Waals surface area (Å²) >= 11 is 6.01. The summed E-state index contributed by atoms with van der Waals surface area (Å²) in [4.78, 5) is 53.9. The van der Waals surface area contributed by atoms with E-state index in [-0.39, 0.29) is 34.7 Å². The maximum atomic E-state index is 12.3. The normalized spacial score (nSPS) is 11.1. The third-order valence-corrected chi connectivity index (χ3v) is 9.79. The Morgan fingerprint density at radius 1 is 0.744 bits per heavy atom. The van der Waals surface area contributed by atoms with Crippen molar-refractivity contribution in [3.8, 4) is 0 Å². The van der Waals surface area contributed by atoms with E-state index in [1.165, 1.54) is 81.8 Å². The van der Waals surface area contributed by atoms with Crippen LogP contribution in [0.4, 0.5) is 21.6 Å². The first-order chi connectivity index (χ1) is 18.7. The third-order valence-electron chi connectivity index (χ3n) is 4.70. The number of anilines is 2. The highest BCUT2D eigenvalue weighted by molar-refractivity contribution is 8.03. The highest BCUT2D eigenvalue weighted by Crippen LogP contribution is 2.32. The van der Waals surface area contributed by atoms with Gasteiger partial charge in [-0.2, -0.15) is 0 Å². The summed E-state index contributed by atoms with van der Waals surface area (Å²) in [5.74, 6) is -0.547. The van der Waals surface area contributed by atoms with E-state index in [2.05, 4.69) is 30.8 Å². The van der Waals surface area contributed by atoms with Gasteiger partial charge in [-0.1, -0.05) is 57.5 Å². The molecule has 3 aromatic heterocycles. The van der Waals surface area contributed by atoms with Gasteiger partial charge in [0.25, 0.3) is 11.4 Å². The van der Waals surface area contributed by atoms with Gasteiger partial charge < -0.3 is 10.6 Å². The van der Waals surface area contributed by atoms with E-state index in [9.17, 15) is 29.8 Å². The molecule has 198 valence electrons. The van der Waals surface area contributed by atoms with E-state index in [0.29, 0.717) is 39.4 Å². The quantitative estimate of drug-likeness (QED) is 0.120. The number of thioether (sulfide) groups is 2. The summed E-state index contributed by atoms with van der Waals surface area (Å²) in [6.45, 7) is 0. The molecule has 0 spiro atoms. The van der Waals surface area contributed by atoms with Crippen LogP contribution in [0.25, 0.3) is 20.4 Å². The van der Waals surface area contributed by atoms with Crippen molar-refractivity contribution in [2.24, 2.45) is 0 Å². The number of rotatable bonds is 10. The highest BCUT2D eigenvalue weighted by Gasteiger charge is 2.15. The Balaban J connectivity index is 1.09. The molecule has 3 heterocycles. The van der Waals surface area contributed by atoms with Crippen LogP contribution in [0.1, 0.15) is 0 Å². The zero-order valence-electron chi connectivity index (χ0n) is 19.1. The number of nitrogens with one attached hydrogen (secondary N) is 2. The van der Waals surface area contributed by atoms with E-state index < -0.39 is 9.85 Å². The summed E-state index contributed by atoms with van der Waals surface area (Å²) in [7, 11) is 0. The fraction of sp³-hybridized carbons (Fsp3) is 0.100. The predicted octanol–water partition coefficient (Wildman–Crippen LogP) is 5.04. The molecule has 0 atom stereocenters. The zero-order chi connectivity index (χ0) is 27.5. The predicted molar refractivity (Wildman–Crippen MR) is 151 cm³/mol. The number of non-ortho nitro benzene ring substituents is 2. The van der Waals surface area contributed by atoms with Crippen LogP contribution in [0.15, 0.2) is 45.1 Å². The molecule has 39 heavy (non-hydrogen) atoms. The Hall–Kier alpha value is -3.78. The second-order valence-electron chi connectivity index (χ2n) is 7.36. The van der Waals surface area contributed by atoms with Crippen molar-refractivity contribution in [3.63, 3.8) is 0 Å². The van der Waals surface area contributed by atoms with Crippen LogP contribution >= 0.6 is 57.5 Å². The molecule has 0 radical (unpaired) electrons. The molecule has 0 aliphatic rings. The van der Waals surface area contributed by atoms with Gasteiger partial charge in [-0.25, -0.2) is 9.97 Å². The molecule has 0 fully saturated rings. The topological polar surface area (TPSA) is 196 Å². The third kappa shape index (κ3) is 6.63. The van der Waals surface area contributed by atoms with Crippen molar-refractivity contribution in [1.82, 2.24) is 20.2 Å². The number of benzene rings is 2. The van der Waals surface area contributed by atoms with Crippen LogP contribution in [0.3, 0.4) is 0 Å². The van der Waals surface area contributed by atoms with E-state index in [4.69, 9.17) is 0 Å². The summed E-state index contributed by atoms with van der Waals surface area (Å²) in [6, 6.07) is 8.64. The minimum absolute atomic E-state index is 0.0472. The zero-order valence-corrected chi connectivity index (χ0v) is 23.1. The van der Waals surface area contributed by atoms with Crippen molar-refractivity contribution in [1.29, 1.82) is 0 Å². The molecule has 19 heteroatoms. The molecule has 2 aromatic carbocycles. The lowest BCUT2D eigenvalue weighted by atomic mass is 10.3. The van der Waals surface area contributed by atoms with Gasteiger partial charge in [-0.05, 0) is 12.1 Å². The molecule has 2 amide bonds. The molecule has 0 bridgehead atoms. The van der Waals surface area contributed by atoms with Crippen LogP contribution in [0.2, 0.25) is 0 Å². The Bertz CT molecular complexity index is 1630. The number of carbonyl (C=O) groups excluding carboxylic acids is 2. The SMILES string of the molecule is O=C(CSc1nnc(SCC(=O)Nc2nc3cc([N+](=O)[O-])ccc3s2)s1)Nc1nc2cc([N+](=O)[O-])ccc2s1. The van der Waals surface area contributed by atoms with Gasteiger partial charge in [0.2, 0.25) is 11.8 Å². The summed E-state index contributed by atoms with van der Waals surface area (Å²) < 4.78 is 2.51. The van der Waals surface area contributed by atoms with Gasteiger partial charge in [-0.3, -0.25) is 29.8 Å². The highest BCUT2D eigenvalue weighted by atomic mass is 32.2. The van der Waals surface area contributed by atoms with Crippen molar-refractivity contribution >= 4 is 111 Å². The lowest BCUT2D eigenvalue weighted by molar-refractivity contribution is -0.384. The standard InChI is InChI=1S/C20H12N8O6S5/c29-15(23-17-21-11-5-9(27(31)32)1-3-13(11)37-17)7-35-19-25-26-20(39-19)36-8-16(30)24-18-22-12-6-10(28(33)34)2-4-14(12)38-18/h1-6H,7-8H2,(H,21,23,29)(H,22,24,30). The number of thiazole rings is 2. The second-order valence-corrected chi connectivity index (χ2v) is 12.8. The largest absolute Gasteiger partial charge is 0.301 e. The van der Waals surface area contributed by atoms with Gasteiger partial charge in [0, 0.05) is 24.3 Å². The van der Waals surface area contributed by atoms with Crippen molar-refractivity contribution in [3.05, 3.63) is 56.6 Å². The first-order valence-corrected chi connectivity index (χ1v) is 14.9. The number of hydrogen-bond donors (Lipinski definition) is 2. The number of fused-ring (bicyclic) bond motifs is 2. The molecule has 5 aromatic rings. The van der Waals surface area contributed by atoms with E-state index >= 15 is 0 Å². The van der Waals surface area contributed by atoms with Gasteiger partial charge in [0.1, 0.15) is 0 Å². The lowest BCUT2D eigenvalue weighted by Crippen LogP contribution is -2.13. The van der Waals surface area contributed by atoms with Gasteiger partial charge in [0.15, 0.2) is 18.9 Å². The van der Waals surface area contributed by atoms with Crippen LogP contribution in [0.5, 0.6) is 0 Å². The molecule has 0 unspecified atom stereocenters. The van der Waals surface area contributed by atoms with Crippen LogP contribution in [-0.4, -0.2) is 53.3 Å². The first kappa shape index (κ1) is 26.8. The number of nitro groups is 2. The van der Waals surface area contributed by atoms with Crippen LogP contribution < -0.4 is 10.6 Å². The fourth-order valence-electron chi connectivity index (χ4n) is 3.04. The number of hydrogen-bond acceptors (Lipinski definition) is 15. The molecular weight excluding hydrogens is 609 g/mol. The second kappa shape index (κ2) is 11.5. The Kier molecular flexibility index (Phi) is 7.93. The minimum Gasteiger partial charge on any atom is -0.301 e. The fourth-order valence-corrected chi connectivity index (χ4v) is 7.39. The van der Waals surface area contributed by atoms with E-state index in [1.807, 2.05) is 0 Å². The number of carbonyl (C=O) groups is 2. The minimum atomic E-state index is -0.505. The van der Waals surface area contributed by atoms with Gasteiger partial charge >= 0.3 is 0 Å². The van der Waals surface area contributed by atoms with Gasteiger partial charge in [-0.15, -0.1) is 10.2 Å². The maximum Gasteiger partial charge on any atom is 0.271 e. The van der Waals surface area contributed by atoms with Crippen molar-refractivity contribution in [2.75, 3.05) is 22.1 Å². The molecule has 2 N–H and O–H groups in total. The van der Waals surface area contributed by atoms with Crippen LogP contribution in [0, 0.1) is 20.2 Å². The summed E-state index contributed by atoms with van der Waals surface area (Å²) in [5.41, 5.74) is 0.709. The maximum absolute atomic E-state index is 12.3. The molecule has 0 aliphatic heterocycles. The molecule has 0 saturated heterocycles. The van der Waals surface area contributed by atoms with Crippen molar-refractivity contribution < 1.29 is 19.4 Å². The van der Waals surface area contributed by atoms with E-state index in [0.717, 1.165) is 0 Å². The Morgan fingerprint density at radius 2 is 1.18 bits per heavy atom. The Morgan fingerprint density at radius 3 is 1.59 bits per heavy atom. The summed E-state index contributed by atoms with van der Waals surface area (Å²) in [5, 5.41) is 35.9. The number of aromatic nitrogens is 4. The average Bonchev–Trinajstić information content (AvgIpc) is 3.62. The number of nitro benzene ring substituents is 2. The van der Waals surface area contributed by atoms with Crippen LogP contribution in [-0.2, 0) is 9.59 Å². The molecule has 5 rings (SSSR count). The number of nitrogens with zero attached hydrogens (tertiary/aromatic N) is 6. The molecule has 0 saturated carbocycles. The Labute approximate surface area is 237 Å². The van der Waals surface area contributed by atoms with Gasteiger partial charge in [0.05, 0.1) is 41.8 Å². The molecular formula is C20H12N8O6S5. The van der Waals surface area contributed by atoms with Crippen molar-refractivity contribution in [2.45, 2.75) is 8.68 Å². The smallest absolute Gasteiger partial charge is 0.271 e. The molecule has 14 nitrogen and oxygen atoms in total. The number of amides is 2. The summed E-state index contributed by atoms with van der Waals surface area (Å²) in [6.07, 6.45) is 0. The first-order valence-electron chi connectivity index (χ1n) is 10.5. The molecule has 0 aliphatic carbocycles. The average molecular weight is 621 g/mol. The lowest BCUT2D eigenvalue weighted by Gasteiger charge is -1.99.